The van der Waals surface area contributed by atoms with Gasteiger partial charge in [0.15, 0.2) is 0 Å². The lowest BCUT2D eigenvalue weighted by Crippen LogP contribution is -2.58. The summed E-state index contributed by atoms with van der Waals surface area (Å²) < 4.78 is 18.7. The highest BCUT2D eigenvalue weighted by atomic mass is 19.1. The van der Waals surface area contributed by atoms with Gasteiger partial charge in [-0.1, -0.05) is 24.3 Å². The van der Waals surface area contributed by atoms with Crippen LogP contribution >= 0.6 is 0 Å². The number of hydrogen-bond acceptors (Lipinski definition) is 2. The van der Waals surface area contributed by atoms with Crippen LogP contribution in [0.3, 0.4) is 0 Å². The van der Waals surface area contributed by atoms with Crippen LogP contribution in [0.1, 0.15) is 11.1 Å². The quantitative estimate of drug-likeness (QED) is 0.923. The van der Waals surface area contributed by atoms with E-state index in [0.717, 1.165) is 30.8 Å². The van der Waals surface area contributed by atoms with E-state index in [0.29, 0.717) is 0 Å². The zero-order chi connectivity index (χ0) is 14.0. The maximum Gasteiger partial charge on any atom is 0.123 e. The number of nitrogens with one attached hydrogen (secondary N) is 1. The first-order valence-electron chi connectivity index (χ1n) is 6.82. The Bertz CT molecular complexity index is 607. The molecular weight excluding hydrogens is 253 g/mol. The van der Waals surface area contributed by atoms with Crippen molar-refractivity contribution in [3.05, 3.63) is 65.5 Å². The Labute approximate surface area is 118 Å². The van der Waals surface area contributed by atoms with Crippen molar-refractivity contribution >= 4 is 0 Å². The van der Waals surface area contributed by atoms with Crippen molar-refractivity contribution in [3.8, 4) is 5.75 Å². The van der Waals surface area contributed by atoms with Gasteiger partial charge >= 0.3 is 0 Å². The van der Waals surface area contributed by atoms with Crippen LogP contribution in [-0.4, -0.2) is 20.2 Å². The Balaban J connectivity index is 1.89. The van der Waals surface area contributed by atoms with Crippen LogP contribution in [0, 0.1) is 5.82 Å². The molecular formula is C17H18FNO. The minimum Gasteiger partial charge on any atom is -0.497 e. The zero-order valence-corrected chi connectivity index (χ0v) is 11.5. The molecule has 1 N–H and O–H groups in total. The van der Waals surface area contributed by atoms with Gasteiger partial charge in [0.25, 0.3) is 0 Å². The molecule has 1 aliphatic heterocycles. The van der Waals surface area contributed by atoms with E-state index in [1.54, 1.807) is 19.2 Å². The number of halogens is 1. The third-order valence-electron chi connectivity index (χ3n) is 4.04. The molecule has 20 heavy (non-hydrogen) atoms. The molecule has 0 amide bonds. The normalized spacial score (nSPS) is 16.5. The molecule has 0 unspecified atom stereocenters. The molecule has 3 heteroatoms. The Kier molecular flexibility index (Phi) is 3.45. The van der Waals surface area contributed by atoms with Crippen molar-refractivity contribution < 1.29 is 9.13 Å². The topological polar surface area (TPSA) is 21.3 Å². The third-order valence-corrected chi connectivity index (χ3v) is 4.04. The summed E-state index contributed by atoms with van der Waals surface area (Å²) in [6, 6.07) is 15.1. The second kappa shape index (κ2) is 5.25. The third kappa shape index (κ3) is 2.41. The standard InChI is InChI=1S/C17H18FNO/c1-20-16-7-2-4-13(8-16)10-17(11-19-12-17)14-5-3-6-15(18)9-14/h2-9,19H,10-12H2,1H3. The second-order valence-corrected chi connectivity index (χ2v) is 5.42. The summed E-state index contributed by atoms with van der Waals surface area (Å²) in [7, 11) is 1.67. The van der Waals surface area contributed by atoms with Crippen molar-refractivity contribution in [2.45, 2.75) is 11.8 Å². The number of ether oxygens (including phenoxy) is 1. The van der Waals surface area contributed by atoms with Gasteiger partial charge in [-0.25, -0.2) is 4.39 Å². The molecule has 2 nitrogen and oxygen atoms in total. The van der Waals surface area contributed by atoms with E-state index in [1.165, 1.54) is 11.6 Å². The smallest absolute Gasteiger partial charge is 0.123 e. The lowest BCUT2D eigenvalue weighted by molar-refractivity contribution is 0.273. The van der Waals surface area contributed by atoms with Gasteiger partial charge in [-0.2, -0.15) is 0 Å². The monoisotopic (exact) mass is 271 g/mol. The number of benzene rings is 2. The predicted octanol–water partition coefficient (Wildman–Crippen LogP) is 2.92. The summed E-state index contributed by atoms with van der Waals surface area (Å²) in [5.74, 6) is 0.698. The lowest BCUT2D eigenvalue weighted by atomic mass is 9.71. The molecule has 0 atom stereocenters. The molecule has 1 fully saturated rings. The van der Waals surface area contributed by atoms with Crippen LogP contribution in [-0.2, 0) is 11.8 Å². The Hall–Kier alpha value is -1.87. The summed E-state index contributed by atoms with van der Waals surface area (Å²) in [5.41, 5.74) is 2.28. The van der Waals surface area contributed by atoms with E-state index in [-0.39, 0.29) is 11.2 Å². The molecule has 104 valence electrons. The molecule has 1 heterocycles. The average Bonchev–Trinajstić information content (AvgIpc) is 2.43. The van der Waals surface area contributed by atoms with Crippen molar-refractivity contribution in [2.24, 2.45) is 0 Å². The highest BCUT2D eigenvalue weighted by Gasteiger charge is 2.38. The summed E-state index contributed by atoms with van der Waals surface area (Å²) in [6.07, 6.45) is 0.890. The Morgan fingerprint density at radius 2 is 1.95 bits per heavy atom. The average molecular weight is 271 g/mol. The van der Waals surface area contributed by atoms with Gasteiger partial charge in [-0.15, -0.1) is 0 Å². The summed E-state index contributed by atoms with van der Waals surface area (Å²) >= 11 is 0. The summed E-state index contributed by atoms with van der Waals surface area (Å²) in [4.78, 5) is 0. The van der Waals surface area contributed by atoms with Crippen molar-refractivity contribution in [3.63, 3.8) is 0 Å². The molecule has 1 aliphatic rings. The molecule has 2 aromatic carbocycles. The molecule has 0 aliphatic carbocycles. The molecule has 0 aromatic heterocycles. The molecule has 2 aromatic rings. The number of rotatable bonds is 4. The molecule has 0 bridgehead atoms. The van der Waals surface area contributed by atoms with Crippen LogP contribution in [0.25, 0.3) is 0 Å². The van der Waals surface area contributed by atoms with Crippen molar-refractivity contribution in [2.75, 3.05) is 20.2 Å². The van der Waals surface area contributed by atoms with Gasteiger partial charge in [0.2, 0.25) is 0 Å². The van der Waals surface area contributed by atoms with Crippen molar-refractivity contribution in [1.29, 1.82) is 0 Å². The van der Waals surface area contributed by atoms with Crippen LogP contribution < -0.4 is 10.1 Å². The highest BCUT2D eigenvalue weighted by molar-refractivity contribution is 5.36. The van der Waals surface area contributed by atoms with Gasteiger partial charge in [-0.3, -0.25) is 0 Å². The van der Waals surface area contributed by atoms with E-state index < -0.39 is 0 Å². The molecule has 0 saturated carbocycles. The van der Waals surface area contributed by atoms with Gasteiger partial charge in [-0.05, 0) is 41.8 Å². The molecule has 0 spiro atoms. The fourth-order valence-corrected chi connectivity index (χ4v) is 2.85. The minimum absolute atomic E-state index is 0.00549. The summed E-state index contributed by atoms with van der Waals surface area (Å²) in [6.45, 7) is 1.77. The van der Waals surface area contributed by atoms with Crippen LogP contribution in [0.15, 0.2) is 48.5 Å². The van der Waals surface area contributed by atoms with Crippen LogP contribution in [0.5, 0.6) is 5.75 Å². The van der Waals surface area contributed by atoms with Gasteiger partial charge < -0.3 is 10.1 Å². The van der Waals surface area contributed by atoms with E-state index >= 15 is 0 Å². The molecule has 1 saturated heterocycles. The van der Waals surface area contributed by atoms with Crippen LogP contribution in [0.2, 0.25) is 0 Å². The van der Waals surface area contributed by atoms with Gasteiger partial charge in [0.1, 0.15) is 11.6 Å². The molecule has 0 radical (unpaired) electrons. The maximum atomic E-state index is 13.5. The van der Waals surface area contributed by atoms with Gasteiger partial charge in [0, 0.05) is 18.5 Å². The second-order valence-electron chi connectivity index (χ2n) is 5.42. The van der Waals surface area contributed by atoms with E-state index in [1.807, 2.05) is 18.2 Å². The van der Waals surface area contributed by atoms with Crippen molar-refractivity contribution in [1.82, 2.24) is 5.32 Å². The Morgan fingerprint density at radius 3 is 2.60 bits per heavy atom. The van der Waals surface area contributed by atoms with E-state index in [4.69, 9.17) is 4.74 Å². The number of hydrogen-bond donors (Lipinski definition) is 1. The first kappa shape index (κ1) is 13.1. The van der Waals surface area contributed by atoms with E-state index in [9.17, 15) is 4.39 Å². The first-order valence-corrected chi connectivity index (χ1v) is 6.82. The molecule has 3 rings (SSSR count). The minimum atomic E-state index is -0.167. The number of methoxy groups -OCH3 is 1. The van der Waals surface area contributed by atoms with Gasteiger partial charge in [0.05, 0.1) is 7.11 Å². The first-order chi connectivity index (χ1) is 9.72. The Morgan fingerprint density at radius 1 is 1.15 bits per heavy atom. The fraction of sp³-hybridized carbons (Fsp3) is 0.294. The largest absolute Gasteiger partial charge is 0.497 e. The fourth-order valence-electron chi connectivity index (χ4n) is 2.85. The predicted molar refractivity (Wildman–Crippen MR) is 77.6 cm³/mol. The SMILES string of the molecule is COc1cccc(CC2(c3cccc(F)c3)CNC2)c1. The maximum absolute atomic E-state index is 13.5. The lowest BCUT2D eigenvalue weighted by Gasteiger charge is -2.43. The highest BCUT2D eigenvalue weighted by Crippen LogP contribution is 2.33. The van der Waals surface area contributed by atoms with E-state index in [2.05, 4.69) is 17.4 Å². The van der Waals surface area contributed by atoms with Crippen LogP contribution in [0.4, 0.5) is 4.39 Å². The summed E-state index contributed by atoms with van der Waals surface area (Å²) in [5, 5.41) is 3.32. The zero-order valence-electron chi connectivity index (χ0n) is 11.5.